The molecule has 1 fully saturated rings. The van der Waals surface area contributed by atoms with E-state index >= 15 is 0 Å². The van der Waals surface area contributed by atoms with Crippen molar-refractivity contribution in [1.82, 2.24) is 14.7 Å². The summed E-state index contributed by atoms with van der Waals surface area (Å²) >= 11 is 0. The number of carbonyl (C=O) groups excluding carboxylic acids is 1. The molecule has 1 heterocycles. The number of hydrogen-bond acceptors (Lipinski definition) is 3. The standard InChI is InChI=1S/C15H19N3O3/c1-17(7-9-6-16-18(2)8-9)14(19)12-10-3-4-11(5-10)13(12)15(20)21/h3-4,6,8,10-13H,5,7H2,1-2H3,(H,20,21). The third-order valence-electron chi connectivity index (χ3n) is 4.58. The topological polar surface area (TPSA) is 75.4 Å². The number of nitrogens with zero attached hydrogens (tertiary/aromatic N) is 3. The number of hydrogen-bond donors (Lipinski definition) is 1. The van der Waals surface area contributed by atoms with Crippen molar-refractivity contribution in [3.63, 3.8) is 0 Å². The SMILES string of the molecule is CN(Cc1cnn(C)c1)C(=O)C1C2C=CC(C2)C1C(=O)O. The van der Waals surface area contributed by atoms with Crippen molar-refractivity contribution in [1.29, 1.82) is 0 Å². The van der Waals surface area contributed by atoms with Crippen LogP contribution in [0.1, 0.15) is 12.0 Å². The fourth-order valence-corrected chi connectivity index (χ4v) is 3.66. The van der Waals surface area contributed by atoms with E-state index in [1.165, 1.54) is 0 Å². The molecule has 2 bridgehead atoms. The summed E-state index contributed by atoms with van der Waals surface area (Å²) in [7, 11) is 3.55. The minimum atomic E-state index is -0.861. The summed E-state index contributed by atoms with van der Waals surface area (Å²) in [6.07, 6.45) is 8.32. The van der Waals surface area contributed by atoms with Crippen LogP contribution in [0, 0.1) is 23.7 Å². The molecular formula is C15H19N3O3. The van der Waals surface area contributed by atoms with Crippen molar-refractivity contribution in [3.05, 3.63) is 30.1 Å². The predicted molar refractivity (Wildman–Crippen MR) is 75.0 cm³/mol. The first-order chi connectivity index (χ1) is 9.97. The third-order valence-corrected chi connectivity index (χ3v) is 4.58. The Kier molecular flexibility index (Phi) is 3.31. The van der Waals surface area contributed by atoms with E-state index in [0.29, 0.717) is 6.54 Å². The van der Waals surface area contributed by atoms with E-state index in [1.54, 1.807) is 22.8 Å². The Balaban J connectivity index is 1.74. The first-order valence-electron chi connectivity index (χ1n) is 7.11. The van der Waals surface area contributed by atoms with Crippen molar-refractivity contribution >= 4 is 11.9 Å². The summed E-state index contributed by atoms with van der Waals surface area (Å²) in [4.78, 5) is 25.8. The van der Waals surface area contributed by atoms with Crippen molar-refractivity contribution in [2.75, 3.05) is 7.05 Å². The molecule has 112 valence electrons. The minimum absolute atomic E-state index is 0.00763. The van der Waals surface area contributed by atoms with Gasteiger partial charge in [-0.15, -0.1) is 0 Å². The summed E-state index contributed by atoms with van der Waals surface area (Å²) < 4.78 is 1.69. The van der Waals surface area contributed by atoms with Crippen LogP contribution < -0.4 is 0 Å². The van der Waals surface area contributed by atoms with Gasteiger partial charge in [-0.05, 0) is 18.3 Å². The molecule has 6 heteroatoms. The van der Waals surface area contributed by atoms with E-state index in [1.807, 2.05) is 25.4 Å². The minimum Gasteiger partial charge on any atom is -0.481 e. The van der Waals surface area contributed by atoms with Gasteiger partial charge in [0.2, 0.25) is 5.91 Å². The van der Waals surface area contributed by atoms with Gasteiger partial charge in [0, 0.05) is 32.4 Å². The lowest BCUT2D eigenvalue weighted by molar-refractivity contribution is -0.150. The molecule has 4 unspecified atom stereocenters. The highest BCUT2D eigenvalue weighted by molar-refractivity contribution is 5.86. The summed E-state index contributed by atoms with van der Waals surface area (Å²) in [6.45, 7) is 0.455. The van der Waals surface area contributed by atoms with E-state index in [4.69, 9.17) is 0 Å². The van der Waals surface area contributed by atoms with E-state index in [9.17, 15) is 14.7 Å². The second-order valence-corrected chi connectivity index (χ2v) is 6.05. The average molecular weight is 289 g/mol. The molecule has 1 amide bonds. The summed E-state index contributed by atoms with van der Waals surface area (Å²) in [6, 6.07) is 0. The molecule has 0 aromatic carbocycles. The fourth-order valence-electron chi connectivity index (χ4n) is 3.66. The van der Waals surface area contributed by atoms with Crippen LogP contribution in [0.3, 0.4) is 0 Å². The van der Waals surface area contributed by atoms with Crippen LogP contribution in [0.15, 0.2) is 24.5 Å². The van der Waals surface area contributed by atoms with E-state index in [0.717, 1.165) is 12.0 Å². The Labute approximate surface area is 123 Å². The van der Waals surface area contributed by atoms with Crippen LogP contribution in [0.5, 0.6) is 0 Å². The molecule has 2 aliphatic carbocycles. The van der Waals surface area contributed by atoms with E-state index < -0.39 is 17.8 Å². The van der Waals surface area contributed by atoms with Crippen molar-refractivity contribution in [2.45, 2.75) is 13.0 Å². The number of aliphatic carboxylic acids is 1. The zero-order chi connectivity index (χ0) is 15.1. The van der Waals surface area contributed by atoms with Crippen LogP contribution in [0.25, 0.3) is 0 Å². The summed E-state index contributed by atoms with van der Waals surface area (Å²) in [5.41, 5.74) is 0.943. The molecule has 1 saturated carbocycles. The molecule has 2 aliphatic rings. The van der Waals surface area contributed by atoms with Crippen LogP contribution >= 0.6 is 0 Å². The molecule has 3 rings (SSSR count). The van der Waals surface area contributed by atoms with Crippen molar-refractivity contribution in [3.8, 4) is 0 Å². The molecular weight excluding hydrogens is 270 g/mol. The lowest BCUT2D eigenvalue weighted by Crippen LogP contribution is -2.40. The maximum absolute atomic E-state index is 12.7. The molecule has 0 aliphatic heterocycles. The van der Waals surface area contributed by atoms with Gasteiger partial charge >= 0.3 is 5.97 Å². The van der Waals surface area contributed by atoms with Crippen molar-refractivity contribution < 1.29 is 14.7 Å². The van der Waals surface area contributed by atoms with Gasteiger partial charge in [-0.2, -0.15) is 5.10 Å². The highest BCUT2D eigenvalue weighted by Gasteiger charge is 2.52. The number of rotatable bonds is 4. The molecule has 0 saturated heterocycles. The molecule has 0 spiro atoms. The Hall–Kier alpha value is -2.11. The van der Waals surface area contributed by atoms with Gasteiger partial charge in [0.05, 0.1) is 18.0 Å². The molecule has 21 heavy (non-hydrogen) atoms. The number of carboxylic acid groups (broad SMARTS) is 1. The Bertz CT molecular complexity index is 607. The molecule has 6 nitrogen and oxygen atoms in total. The largest absolute Gasteiger partial charge is 0.481 e. The summed E-state index contributed by atoms with van der Waals surface area (Å²) in [5, 5.41) is 13.5. The second kappa shape index (κ2) is 5.02. The van der Waals surface area contributed by atoms with Crippen LogP contribution in [-0.2, 0) is 23.2 Å². The van der Waals surface area contributed by atoms with Gasteiger partial charge in [-0.3, -0.25) is 14.3 Å². The third kappa shape index (κ3) is 2.34. The molecule has 1 aromatic rings. The predicted octanol–water partition coefficient (Wildman–Crippen LogP) is 0.901. The molecule has 0 radical (unpaired) electrons. The lowest BCUT2D eigenvalue weighted by Gasteiger charge is -2.28. The van der Waals surface area contributed by atoms with Gasteiger partial charge in [-0.25, -0.2) is 0 Å². The quantitative estimate of drug-likeness (QED) is 0.836. The zero-order valence-electron chi connectivity index (χ0n) is 12.1. The number of carboxylic acids is 1. The Morgan fingerprint density at radius 3 is 2.62 bits per heavy atom. The van der Waals surface area contributed by atoms with Gasteiger partial charge in [0.25, 0.3) is 0 Å². The van der Waals surface area contributed by atoms with Crippen LogP contribution in [0.4, 0.5) is 0 Å². The number of fused-ring (bicyclic) bond motifs is 2. The van der Waals surface area contributed by atoms with Gasteiger partial charge in [0.15, 0.2) is 0 Å². The van der Waals surface area contributed by atoms with Crippen LogP contribution in [0.2, 0.25) is 0 Å². The maximum Gasteiger partial charge on any atom is 0.307 e. The molecule has 1 N–H and O–H groups in total. The van der Waals surface area contributed by atoms with E-state index in [2.05, 4.69) is 5.10 Å². The van der Waals surface area contributed by atoms with Crippen molar-refractivity contribution in [2.24, 2.45) is 30.7 Å². The fraction of sp³-hybridized carbons (Fsp3) is 0.533. The first-order valence-corrected chi connectivity index (χ1v) is 7.11. The monoisotopic (exact) mass is 289 g/mol. The summed E-state index contributed by atoms with van der Waals surface area (Å²) in [5.74, 6) is -1.88. The van der Waals surface area contributed by atoms with E-state index in [-0.39, 0.29) is 17.7 Å². The Morgan fingerprint density at radius 1 is 1.38 bits per heavy atom. The average Bonchev–Trinajstić information content (AvgIpc) is 3.12. The number of aryl methyl sites for hydroxylation is 1. The second-order valence-electron chi connectivity index (χ2n) is 6.05. The zero-order valence-corrected chi connectivity index (χ0v) is 12.1. The smallest absolute Gasteiger partial charge is 0.307 e. The Morgan fingerprint density at radius 2 is 2.05 bits per heavy atom. The van der Waals surface area contributed by atoms with Gasteiger partial charge in [0.1, 0.15) is 0 Å². The lowest BCUT2D eigenvalue weighted by atomic mass is 9.82. The maximum atomic E-state index is 12.7. The first kappa shape index (κ1) is 13.9. The molecule has 4 atom stereocenters. The number of aromatic nitrogens is 2. The normalized spacial score (nSPS) is 29.8. The number of carbonyl (C=O) groups is 2. The number of amides is 1. The van der Waals surface area contributed by atoms with Gasteiger partial charge in [-0.1, -0.05) is 12.2 Å². The highest BCUT2D eigenvalue weighted by atomic mass is 16.4. The highest BCUT2D eigenvalue weighted by Crippen LogP contribution is 2.48. The van der Waals surface area contributed by atoms with Gasteiger partial charge < -0.3 is 10.0 Å². The number of allylic oxidation sites excluding steroid dienone is 2. The molecule has 1 aromatic heterocycles. The van der Waals surface area contributed by atoms with Crippen LogP contribution in [-0.4, -0.2) is 38.7 Å².